The molecule has 11 heteroatoms. The van der Waals surface area contributed by atoms with E-state index in [0.717, 1.165) is 0 Å². The zero-order valence-corrected chi connectivity index (χ0v) is 12.5. The van der Waals surface area contributed by atoms with Crippen molar-refractivity contribution in [3.8, 4) is 0 Å². The fourth-order valence-corrected chi connectivity index (χ4v) is 1.66. The van der Waals surface area contributed by atoms with E-state index in [1.807, 2.05) is 0 Å². The lowest BCUT2D eigenvalue weighted by atomic mass is 10.5. The molecule has 0 saturated heterocycles. The first-order chi connectivity index (χ1) is 11.0. The van der Waals surface area contributed by atoms with Gasteiger partial charge < -0.3 is 14.2 Å². The quantitative estimate of drug-likeness (QED) is 0.552. The van der Waals surface area contributed by atoms with E-state index in [1.165, 1.54) is 24.9 Å². The molecular formula is C12H15N5O6. The fourth-order valence-electron chi connectivity index (χ4n) is 1.66. The minimum Gasteiger partial charge on any atom is -0.463 e. The van der Waals surface area contributed by atoms with Crippen LogP contribution in [0.15, 0.2) is 11.1 Å². The molecule has 0 spiro atoms. The highest BCUT2D eigenvalue weighted by Crippen LogP contribution is 2.08. The number of nitrogens with one attached hydrogen (secondary N) is 2. The van der Waals surface area contributed by atoms with E-state index in [-0.39, 0.29) is 37.1 Å². The minimum atomic E-state index is -0.767. The van der Waals surface area contributed by atoms with E-state index in [4.69, 9.17) is 9.47 Å². The van der Waals surface area contributed by atoms with E-state index in [1.54, 1.807) is 0 Å². The maximum absolute atomic E-state index is 11.9. The Morgan fingerprint density at radius 1 is 1.39 bits per heavy atom. The summed E-state index contributed by atoms with van der Waals surface area (Å²) in [5, 5.41) is 2.26. The second kappa shape index (κ2) is 7.35. The second-order valence-electron chi connectivity index (χ2n) is 4.30. The molecule has 2 aromatic rings. The van der Waals surface area contributed by atoms with Crippen LogP contribution in [0.25, 0.3) is 11.2 Å². The van der Waals surface area contributed by atoms with Crippen LogP contribution in [0.4, 0.5) is 10.7 Å². The number of hydrogen-bond acceptors (Lipinski definition) is 8. The number of methoxy groups -OCH3 is 1. The first-order valence-corrected chi connectivity index (χ1v) is 6.52. The summed E-state index contributed by atoms with van der Waals surface area (Å²) in [4.78, 5) is 44.0. The van der Waals surface area contributed by atoms with Gasteiger partial charge >= 0.3 is 12.1 Å². The number of fused-ring (bicyclic) bond motifs is 1. The molecule has 0 unspecified atom stereocenters. The number of imidazole rings is 1. The van der Waals surface area contributed by atoms with Gasteiger partial charge in [0.25, 0.3) is 5.56 Å². The Morgan fingerprint density at radius 2 is 2.17 bits per heavy atom. The number of nitrogens with zero attached hydrogens (tertiary/aromatic N) is 3. The molecule has 0 bridgehead atoms. The van der Waals surface area contributed by atoms with Gasteiger partial charge in [-0.05, 0) is 0 Å². The molecule has 1 amide bonds. The van der Waals surface area contributed by atoms with E-state index >= 15 is 0 Å². The molecule has 0 aliphatic heterocycles. The van der Waals surface area contributed by atoms with Gasteiger partial charge in [0.1, 0.15) is 13.3 Å². The van der Waals surface area contributed by atoms with Crippen LogP contribution in [0.1, 0.15) is 6.92 Å². The number of esters is 1. The Kier molecular flexibility index (Phi) is 5.25. The molecule has 0 radical (unpaired) electrons. The number of aromatic nitrogens is 4. The molecule has 2 N–H and O–H groups in total. The van der Waals surface area contributed by atoms with Gasteiger partial charge in [-0.1, -0.05) is 0 Å². The Bertz CT molecular complexity index is 767. The summed E-state index contributed by atoms with van der Waals surface area (Å²) in [6.07, 6.45) is 0.608. The van der Waals surface area contributed by atoms with Crippen molar-refractivity contribution in [2.24, 2.45) is 0 Å². The van der Waals surface area contributed by atoms with Crippen LogP contribution >= 0.6 is 0 Å². The molecule has 0 fully saturated rings. The van der Waals surface area contributed by atoms with Crippen LogP contribution < -0.4 is 10.9 Å². The van der Waals surface area contributed by atoms with Crippen LogP contribution in [0.5, 0.6) is 0 Å². The fraction of sp³-hybridized carbons (Fsp3) is 0.417. The lowest BCUT2D eigenvalue weighted by molar-refractivity contribution is -0.142. The normalized spacial score (nSPS) is 10.5. The second-order valence-corrected chi connectivity index (χ2v) is 4.30. The molecule has 0 atom stereocenters. The maximum Gasteiger partial charge on any atom is 0.413 e. The van der Waals surface area contributed by atoms with Crippen molar-refractivity contribution in [2.75, 3.05) is 25.6 Å². The Labute approximate surface area is 129 Å². The highest BCUT2D eigenvalue weighted by Gasteiger charge is 2.12. The average Bonchev–Trinajstić information content (AvgIpc) is 2.90. The summed E-state index contributed by atoms with van der Waals surface area (Å²) in [6.45, 7) is 1.64. The van der Waals surface area contributed by atoms with Crippen molar-refractivity contribution in [1.29, 1.82) is 0 Å². The smallest absolute Gasteiger partial charge is 0.413 e. The number of amides is 1. The molecule has 0 aromatic carbocycles. The van der Waals surface area contributed by atoms with Gasteiger partial charge in [-0.15, -0.1) is 0 Å². The zero-order valence-electron chi connectivity index (χ0n) is 12.5. The largest absolute Gasteiger partial charge is 0.463 e. The number of aromatic amines is 1. The van der Waals surface area contributed by atoms with Gasteiger partial charge in [0.05, 0.1) is 20.0 Å². The molecule has 23 heavy (non-hydrogen) atoms. The van der Waals surface area contributed by atoms with E-state index in [0.29, 0.717) is 0 Å². The van der Waals surface area contributed by atoms with Crippen LogP contribution in [-0.2, 0) is 25.7 Å². The highest BCUT2D eigenvalue weighted by molar-refractivity contribution is 5.83. The Hall–Kier alpha value is -2.95. The monoisotopic (exact) mass is 325 g/mol. The topological polar surface area (TPSA) is 137 Å². The molecular weight excluding hydrogens is 310 g/mol. The molecule has 2 aromatic heterocycles. The maximum atomic E-state index is 11.9. The van der Waals surface area contributed by atoms with Crippen molar-refractivity contribution in [1.82, 2.24) is 19.5 Å². The van der Waals surface area contributed by atoms with Crippen LogP contribution in [0, 0.1) is 0 Å². The van der Waals surface area contributed by atoms with Gasteiger partial charge in [0, 0.05) is 6.92 Å². The summed E-state index contributed by atoms with van der Waals surface area (Å²) in [7, 11) is 1.19. The summed E-state index contributed by atoms with van der Waals surface area (Å²) in [5.41, 5.74) is -0.184. The van der Waals surface area contributed by atoms with Gasteiger partial charge in [-0.2, -0.15) is 4.98 Å². The Balaban J connectivity index is 2.10. The third-order valence-electron chi connectivity index (χ3n) is 2.64. The first-order valence-electron chi connectivity index (χ1n) is 6.52. The molecule has 2 heterocycles. The standard InChI is InChI=1S/C12H15N5O6/c1-7(18)23-4-3-22-6-17-5-13-8-9(17)14-11(15-10(8)19)16-12(20)21-2/h5H,3-4,6H2,1-2H3,(H2,14,15,16,19,20). The van der Waals surface area contributed by atoms with Crippen molar-refractivity contribution >= 4 is 29.2 Å². The lowest BCUT2D eigenvalue weighted by Crippen LogP contribution is -2.19. The number of hydrogen-bond donors (Lipinski definition) is 2. The van der Waals surface area contributed by atoms with Gasteiger partial charge in [0.15, 0.2) is 11.2 Å². The molecule has 11 nitrogen and oxygen atoms in total. The van der Waals surface area contributed by atoms with E-state index in [2.05, 4.69) is 25.0 Å². The minimum absolute atomic E-state index is 0.0475. The van der Waals surface area contributed by atoms with Crippen LogP contribution in [0.2, 0.25) is 0 Å². The molecule has 0 saturated carbocycles. The van der Waals surface area contributed by atoms with Crippen molar-refractivity contribution in [3.05, 3.63) is 16.7 Å². The predicted molar refractivity (Wildman–Crippen MR) is 76.8 cm³/mol. The van der Waals surface area contributed by atoms with Crippen molar-refractivity contribution < 1.29 is 23.8 Å². The van der Waals surface area contributed by atoms with E-state index < -0.39 is 17.6 Å². The number of carbonyl (C=O) groups is 2. The third kappa shape index (κ3) is 4.26. The van der Waals surface area contributed by atoms with Gasteiger partial charge in [0.2, 0.25) is 5.95 Å². The summed E-state index contributed by atoms with van der Waals surface area (Å²) >= 11 is 0. The van der Waals surface area contributed by atoms with Crippen LogP contribution in [-0.4, -0.2) is 51.9 Å². The first kappa shape index (κ1) is 16.4. The third-order valence-corrected chi connectivity index (χ3v) is 2.64. The van der Waals surface area contributed by atoms with Crippen molar-refractivity contribution in [2.45, 2.75) is 13.7 Å². The lowest BCUT2D eigenvalue weighted by Gasteiger charge is -2.07. The SMILES string of the molecule is COC(=O)Nc1nc2c(ncn2COCCOC(C)=O)c(=O)[nH]1. The van der Waals surface area contributed by atoms with E-state index in [9.17, 15) is 14.4 Å². The summed E-state index contributed by atoms with van der Waals surface area (Å²) in [5.74, 6) is -0.468. The summed E-state index contributed by atoms with van der Waals surface area (Å²) < 4.78 is 15.9. The predicted octanol–water partition coefficient (Wildman–Crippen LogP) is -0.165. The van der Waals surface area contributed by atoms with Gasteiger partial charge in [-0.25, -0.2) is 9.78 Å². The Morgan fingerprint density at radius 3 is 2.87 bits per heavy atom. The molecule has 0 aliphatic carbocycles. The highest BCUT2D eigenvalue weighted by atomic mass is 16.6. The molecule has 2 rings (SSSR count). The van der Waals surface area contributed by atoms with Gasteiger partial charge in [-0.3, -0.25) is 24.5 Å². The number of ether oxygens (including phenoxy) is 3. The van der Waals surface area contributed by atoms with Crippen molar-refractivity contribution in [3.63, 3.8) is 0 Å². The van der Waals surface area contributed by atoms with Crippen LogP contribution in [0.3, 0.4) is 0 Å². The number of rotatable bonds is 6. The summed E-state index contributed by atoms with van der Waals surface area (Å²) in [6, 6.07) is 0. The molecule has 0 aliphatic rings. The average molecular weight is 325 g/mol. The number of carbonyl (C=O) groups excluding carboxylic acids is 2. The number of anilines is 1. The number of H-pyrrole nitrogens is 1. The zero-order chi connectivity index (χ0) is 16.8. The molecule has 124 valence electrons.